The first-order valence-corrected chi connectivity index (χ1v) is 17.6. The highest BCUT2D eigenvalue weighted by Crippen LogP contribution is 2.37. The molecule has 1 aromatic heterocycles. The van der Waals surface area contributed by atoms with Crippen molar-refractivity contribution in [2.75, 3.05) is 38.6 Å². The molecular weight excluding hydrogens is 616 g/mol. The smallest absolute Gasteiger partial charge is 0.410 e. The van der Waals surface area contributed by atoms with Gasteiger partial charge in [0.2, 0.25) is 0 Å². The molecule has 0 spiro atoms. The van der Waals surface area contributed by atoms with Crippen LogP contribution in [0.15, 0.2) is 48.7 Å². The van der Waals surface area contributed by atoms with E-state index in [0.717, 1.165) is 61.3 Å². The number of ether oxygens (including phenoxy) is 3. The Morgan fingerprint density at radius 1 is 0.939 bits per heavy atom. The number of anilines is 1. The van der Waals surface area contributed by atoms with Crippen LogP contribution in [0, 0.1) is 12.8 Å². The number of hydrogen-bond acceptors (Lipinski definition) is 7. The van der Waals surface area contributed by atoms with Gasteiger partial charge in [-0.05, 0) is 120 Å². The lowest BCUT2D eigenvalue weighted by molar-refractivity contribution is 0.0184. The van der Waals surface area contributed by atoms with E-state index >= 15 is 0 Å². The summed E-state index contributed by atoms with van der Waals surface area (Å²) in [6.45, 7) is 18.5. The number of pyridine rings is 1. The third-order valence-corrected chi connectivity index (χ3v) is 9.31. The highest BCUT2D eigenvalue weighted by atomic mass is 16.6. The number of rotatable bonds is 9. The number of benzene rings is 2. The summed E-state index contributed by atoms with van der Waals surface area (Å²) in [6, 6.07) is 13.6. The molecule has 2 aromatic carbocycles. The number of aromatic nitrogens is 1. The molecule has 9 nitrogen and oxygen atoms in total. The Balaban J connectivity index is 1.27. The van der Waals surface area contributed by atoms with Crippen LogP contribution in [-0.4, -0.2) is 65.7 Å². The molecule has 2 fully saturated rings. The monoisotopic (exact) mass is 670 g/mol. The summed E-state index contributed by atoms with van der Waals surface area (Å²) in [6.07, 6.45) is 6.53. The lowest BCUT2D eigenvalue weighted by Gasteiger charge is -2.33. The largest absolute Gasteiger partial charge is 0.494 e. The van der Waals surface area contributed by atoms with Crippen LogP contribution < -0.4 is 14.8 Å². The molecule has 264 valence electrons. The van der Waals surface area contributed by atoms with E-state index in [2.05, 4.69) is 42.0 Å². The topological polar surface area (TPSA) is 93.2 Å². The number of carbonyl (C=O) groups is 2. The normalized spacial score (nSPS) is 16.0. The van der Waals surface area contributed by atoms with Crippen molar-refractivity contribution >= 4 is 17.7 Å². The minimum atomic E-state index is -0.498. The molecule has 9 heteroatoms. The molecule has 3 aromatic rings. The van der Waals surface area contributed by atoms with Gasteiger partial charge < -0.3 is 24.4 Å². The molecule has 2 saturated heterocycles. The molecule has 5 rings (SSSR count). The maximum atomic E-state index is 13.7. The zero-order valence-corrected chi connectivity index (χ0v) is 30.7. The van der Waals surface area contributed by atoms with Gasteiger partial charge in [0.15, 0.2) is 0 Å². The van der Waals surface area contributed by atoms with Crippen LogP contribution in [0.5, 0.6) is 17.2 Å². The van der Waals surface area contributed by atoms with Gasteiger partial charge >= 0.3 is 6.09 Å². The maximum absolute atomic E-state index is 13.7. The lowest BCUT2D eigenvalue weighted by atomic mass is 9.85. The fraction of sp³-hybridized carbons (Fsp3) is 0.525. The number of likely N-dealkylation sites (tertiary alicyclic amines) is 2. The number of nitrogens with zero attached hydrogens (tertiary/aromatic N) is 3. The first kappa shape index (κ1) is 36.2. The first-order chi connectivity index (χ1) is 23.2. The van der Waals surface area contributed by atoms with Crippen LogP contribution in [0.25, 0.3) is 0 Å². The fourth-order valence-electron chi connectivity index (χ4n) is 6.50. The van der Waals surface area contributed by atoms with Gasteiger partial charge in [0, 0.05) is 48.7 Å². The molecule has 0 radical (unpaired) electrons. The molecule has 2 aliphatic rings. The highest BCUT2D eigenvalue weighted by Gasteiger charge is 2.28. The standard InChI is InChI=1S/C40H54N4O5/c1-27-11-12-29(37(45)42-34-24-31(39(2,3)4)22-30(36(34)47-8)26-43-17-9-10-18-43)23-35(27)48-33-13-16-41-32(25-33)21-28-14-19-44(20-15-28)38(46)49-40(5,6)7/h11-13,16,22-25,28H,9-10,14-15,17-21,26H2,1-8H3,(H,42,45). The number of hydrogen-bond donors (Lipinski definition) is 1. The van der Waals surface area contributed by atoms with Crippen molar-refractivity contribution in [1.29, 1.82) is 0 Å². The van der Waals surface area contributed by atoms with E-state index in [0.29, 0.717) is 47.5 Å². The van der Waals surface area contributed by atoms with Gasteiger partial charge in [-0.2, -0.15) is 0 Å². The lowest BCUT2D eigenvalue weighted by Crippen LogP contribution is -2.42. The molecule has 3 heterocycles. The van der Waals surface area contributed by atoms with Gasteiger partial charge in [0.25, 0.3) is 5.91 Å². The van der Waals surface area contributed by atoms with Crippen molar-refractivity contribution in [3.8, 4) is 17.2 Å². The van der Waals surface area contributed by atoms with Crippen molar-refractivity contribution < 1.29 is 23.8 Å². The second kappa shape index (κ2) is 15.2. The van der Waals surface area contributed by atoms with Gasteiger partial charge in [-0.15, -0.1) is 0 Å². The Kier molecular flexibility index (Phi) is 11.2. The van der Waals surface area contributed by atoms with Crippen molar-refractivity contribution in [3.63, 3.8) is 0 Å². The summed E-state index contributed by atoms with van der Waals surface area (Å²) >= 11 is 0. The van der Waals surface area contributed by atoms with Crippen LogP contribution in [0.3, 0.4) is 0 Å². The number of carbonyl (C=O) groups excluding carboxylic acids is 2. The zero-order valence-electron chi connectivity index (χ0n) is 30.7. The summed E-state index contributed by atoms with van der Waals surface area (Å²) in [5, 5.41) is 3.16. The Labute approximate surface area is 292 Å². The van der Waals surface area contributed by atoms with E-state index in [4.69, 9.17) is 14.2 Å². The van der Waals surface area contributed by atoms with Crippen molar-refractivity contribution in [1.82, 2.24) is 14.8 Å². The van der Waals surface area contributed by atoms with Gasteiger partial charge in [-0.1, -0.05) is 32.9 Å². The van der Waals surface area contributed by atoms with E-state index in [9.17, 15) is 9.59 Å². The molecule has 0 bridgehead atoms. The summed E-state index contributed by atoms with van der Waals surface area (Å²) in [4.78, 5) is 35.1. The van der Waals surface area contributed by atoms with Gasteiger partial charge in [0.1, 0.15) is 22.8 Å². The second-order valence-corrected chi connectivity index (χ2v) is 15.6. The Morgan fingerprint density at radius 2 is 1.65 bits per heavy atom. The fourth-order valence-corrected chi connectivity index (χ4v) is 6.50. The molecule has 2 aliphatic heterocycles. The van der Waals surface area contributed by atoms with Crippen LogP contribution in [0.4, 0.5) is 10.5 Å². The minimum Gasteiger partial charge on any atom is -0.494 e. The van der Waals surface area contributed by atoms with Gasteiger partial charge in [-0.25, -0.2) is 4.79 Å². The molecule has 0 atom stereocenters. The first-order valence-electron chi connectivity index (χ1n) is 17.6. The number of aryl methyl sites for hydroxylation is 1. The number of amides is 2. The summed E-state index contributed by atoms with van der Waals surface area (Å²) < 4.78 is 17.8. The van der Waals surface area contributed by atoms with E-state index in [1.54, 1.807) is 24.3 Å². The molecule has 0 unspecified atom stereocenters. The van der Waals surface area contributed by atoms with E-state index in [-0.39, 0.29) is 17.4 Å². The zero-order chi connectivity index (χ0) is 35.3. The quantitative estimate of drug-likeness (QED) is 0.244. The average molecular weight is 671 g/mol. The van der Waals surface area contributed by atoms with Crippen molar-refractivity contribution in [2.45, 2.75) is 98.1 Å². The third kappa shape index (κ3) is 9.75. The average Bonchev–Trinajstić information content (AvgIpc) is 3.54. The molecule has 0 aliphatic carbocycles. The Bertz CT molecular complexity index is 1630. The van der Waals surface area contributed by atoms with Crippen molar-refractivity contribution in [2.24, 2.45) is 5.92 Å². The summed E-state index contributed by atoms with van der Waals surface area (Å²) in [5.41, 5.74) is 4.67. The molecule has 2 amide bonds. The van der Waals surface area contributed by atoms with E-state index in [1.165, 1.54) is 12.8 Å². The van der Waals surface area contributed by atoms with Gasteiger partial charge in [-0.3, -0.25) is 14.7 Å². The Morgan fingerprint density at radius 3 is 2.31 bits per heavy atom. The number of piperidine rings is 1. The predicted octanol–water partition coefficient (Wildman–Crippen LogP) is 8.53. The van der Waals surface area contributed by atoms with Crippen LogP contribution >= 0.6 is 0 Å². The van der Waals surface area contributed by atoms with Crippen molar-refractivity contribution in [3.05, 3.63) is 76.6 Å². The van der Waals surface area contributed by atoms with Crippen LogP contribution in [-0.2, 0) is 23.1 Å². The van der Waals surface area contributed by atoms with Crippen LogP contribution in [0.1, 0.15) is 100.0 Å². The van der Waals surface area contributed by atoms with Gasteiger partial charge in [0.05, 0.1) is 12.8 Å². The van der Waals surface area contributed by atoms with E-state index in [1.807, 2.05) is 58.0 Å². The minimum absolute atomic E-state index is 0.100. The number of nitrogens with one attached hydrogen (secondary N) is 1. The third-order valence-electron chi connectivity index (χ3n) is 9.31. The number of methoxy groups -OCH3 is 1. The van der Waals surface area contributed by atoms with E-state index < -0.39 is 5.60 Å². The molecule has 0 saturated carbocycles. The maximum Gasteiger partial charge on any atom is 0.410 e. The van der Waals surface area contributed by atoms with Crippen LogP contribution in [0.2, 0.25) is 0 Å². The molecule has 1 N–H and O–H groups in total. The predicted molar refractivity (Wildman–Crippen MR) is 194 cm³/mol. The summed E-state index contributed by atoms with van der Waals surface area (Å²) in [5.74, 6) is 2.18. The molecular formula is C40H54N4O5. The SMILES string of the molecule is COc1c(CN2CCCC2)cc(C(C)(C)C)cc1NC(=O)c1ccc(C)c(Oc2ccnc(CC3CCN(C(=O)OC(C)(C)C)CC3)c2)c1. The Hall–Kier alpha value is -4.11. The second-order valence-electron chi connectivity index (χ2n) is 15.6. The highest BCUT2D eigenvalue weighted by molar-refractivity contribution is 6.05. The molecule has 49 heavy (non-hydrogen) atoms. The summed E-state index contributed by atoms with van der Waals surface area (Å²) in [7, 11) is 1.67.